The van der Waals surface area contributed by atoms with E-state index in [4.69, 9.17) is 10.00 Å². The summed E-state index contributed by atoms with van der Waals surface area (Å²) >= 11 is 0. The number of nitriles is 1. The first-order valence-corrected chi connectivity index (χ1v) is 7.33. The molecule has 4 heteroatoms. The van der Waals surface area contributed by atoms with Gasteiger partial charge in [-0.15, -0.1) is 0 Å². The Labute approximate surface area is 130 Å². The van der Waals surface area contributed by atoms with Gasteiger partial charge < -0.3 is 10.1 Å². The van der Waals surface area contributed by atoms with Crippen LogP contribution in [-0.2, 0) is 17.9 Å². The summed E-state index contributed by atoms with van der Waals surface area (Å²) in [5, 5.41) is 12.2. The Bertz CT molecular complexity index is 664. The molecule has 0 fully saturated rings. The van der Waals surface area contributed by atoms with E-state index < -0.39 is 5.82 Å². The van der Waals surface area contributed by atoms with Crippen LogP contribution in [0.2, 0.25) is 0 Å². The fraction of sp³-hybridized carbons (Fsp3) is 0.278. The van der Waals surface area contributed by atoms with Crippen molar-refractivity contribution in [2.45, 2.75) is 26.5 Å². The lowest BCUT2D eigenvalue weighted by Gasteiger charge is -2.13. The van der Waals surface area contributed by atoms with Crippen molar-refractivity contribution in [1.29, 1.82) is 5.26 Å². The van der Waals surface area contributed by atoms with Crippen molar-refractivity contribution in [2.75, 3.05) is 11.9 Å². The number of hydrogen-bond donors (Lipinski definition) is 1. The molecule has 22 heavy (non-hydrogen) atoms. The van der Waals surface area contributed by atoms with Crippen LogP contribution in [0.4, 0.5) is 10.1 Å². The second-order valence-corrected chi connectivity index (χ2v) is 4.95. The van der Waals surface area contributed by atoms with E-state index in [0.717, 1.165) is 24.2 Å². The van der Waals surface area contributed by atoms with Crippen molar-refractivity contribution >= 4 is 5.69 Å². The molecule has 3 nitrogen and oxygen atoms in total. The summed E-state index contributed by atoms with van der Waals surface area (Å²) in [5.74, 6) is -0.507. The lowest BCUT2D eigenvalue weighted by Crippen LogP contribution is -2.06. The molecule has 114 valence electrons. The van der Waals surface area contributed by atoms with Gasteiger partial charge in [-0.1, -0.05) is 37.3 Å². The van der Waals surface area contributed by atoms with Crippen LogP contribution in [0.25, 0.3) is 0 Å². The molecular weight excluding hydrogens is 279 g/mol. The van der Waals surface area contributed by atoms with E-state index in [1.807, 2.05) is 30.3 Å². The number of nitrogens with one attached hydrogen (secondary N) is 1. The number of nitrogens with zero attached hydrogens (tertiary/aromatic N) is 1. The molecule has 0 saturated heterocycles. The Hall–Kier alpha value is -2.38. The van der Waals surface area contributed by atoms with Gasteiger partial charge in [-0.25, -0.2) is 4.39 Å². The van der Waals surface area contributed by atoms with Gasteiger partial charge >= 0.3 is 0 Å². The maximum Gasteiger partial charge on any atom is 0.143 e. The van der Waals surface area contributed by atoms with E-state index in [1.165, 1.54) is 6.07 Å². The van der Waals surface area contributed by atoms with Gasteiger partial charge in [0.15, 0.2) is 0 Å². The van der Waals surface area contributed by atoms with Gasteiger partial charge in [-0.2, -0.15) is 5.26 Å². The number of halogens is 1. The largest absolute Gasteiger partial charge is 0.380 e. The van der Waals surface area contributed by atoms with E-state index in [2.05, 4.69) is 12.2 Å². The lowest BCUT2D eigenvalue weighted by atomic mass is 10.1. The molecule has 0 bridgehead atoms. The number of rotatable bonds is 7. The van der Waals surface area contributed by atoms with Crippen molar-refractivity contribution in [3.63, 3.8) is 0 Å². The van der Waals surface area contributed by atoms with Crippen molar-refractivity contribution < 1.29 is 9.13 Å². The van der Waals surface area contributed by atoms with Crippen LogP contribution in [-0.4, -0.2) is 6.61 Å². The number of benzene rings is 2. The maximum absolute atomic E-state index is 13.6. The quantitative estimate of drug-likeness (QED) is 0.778. The second kappa shape index (κ2) is 8.16. The van der Waals surface area contributed by atoms with Crippen molar-refractivity contribution in [2.24, 2.45) is 0 Å². The molecule has 0 heterocycles. The fourth-order valence-electron chi connectivity index (χ4n) is 2.17. The molecule has 2 aromatic carbocycles. The molecule has 0 aliphatic rings. The third kappa shape index (κ3) is 4.06. The minimum Gasteiger partial charge on any atom is -0.380 e. The van der Waals surface area contributed by atoms with Crippen LogP contribution in [0, 0.1) is 17.1 Å². The van der Waals surface area contributed by atoms with Crippen LogP contribution in [0.5, 0.6) is 0 Å². The average Bonchev–Trinajstić information content (AvgIpc) is 2.54. The maximum atomic E-state index is 13.6. The number of ether oxygens (including phenoxy) is 1. The summed E-state index contributed by atoms with van der Waals surface area (Å²) in [7, 11) is 0. The Morgan fingerprint density at radius 1 is 1.14 bits per heavy atom. The highest BCUT2D eigenvalue weighted by atomic mass is 19.1. The molecule has 0 saturated carbocycles. The summed E-state index contributed by atoms with van der Waals surface area (Å²) in [5.41, 5.74) is 2.72. The van der Waals surface area contributed by atoms with Gasteiger partial charge in [-0.3, -0.25) is 0 Å². The smallest absolute Gasteiger partial charge is 0.143 e. The van der Waals surface area contributed by atoms with Crippen LogP contribution in [0.15, 0.2) is 42.5 Å². The van der Waals surface area contributed by atoms with Crippen LogP contribution >= 0.6 is 0 Å². The van der Waals surface area contributed by atoms with Crippen LogP contribution in [0.1, 0.15) is 30.0 Å². The zero-order chi connectivity index (χ0) is 15.8. The first kappa shape index (κ1) is 16.0. The molecule has 0 radical (unpaired) electrons. The molecule has 1 N–H and O–H groups in total. The molecular formula is C18H19FN2O. The molecule has 0 spiro atoms. The van der Waals surface area contributed by atoms with Crippen molar-refractivity contribution in [3.8, 4) is 6.07 Å². The predicted molar refractivity (Wildman–Crippen MR) is 84.8 cm³/mol. The van der Waals surface area contributed by atoms with Crippen molar-refractivity contribution in [3.05, 3.63) is 65.0 Å². The first-order valence-electron chi connectivity index (χ1n) is 7.33. The molecule has 0 unspecified atom stereocenters. The van der Waals surface area contributed by atoms with E-state index in [0.29, 0.717) is 18.8 Å². The zero-order valence-electron chi connectivity index (χ0n) is 12.6. The molecule has 2 rings (SSSR count). The minimum atomic E-state index is -0.507. The summed E-state index contributed by atoms with van der Waals surface area (Å²) in [4.78, 5) is 0. The highest BCUT2D eigenvalue weighted by Crippen LogP contribution is 2.19. The highest BCUT2D eigenvalue weighted by Gasteiger charge is 2.08. The average molecular weight is 298 g/mol. The van der Waals surface area contributed by atoms with Gasteiger partial charge in [-0.05, 0) is 29.7 Å². The van der Waals surface area contributed by atoms with Gasteiger partial charge in [0, 0.05) is 13.2 Å². The molecule has 2 aromatic rings. The first-order chi connectivity index (χ1) is 10.8. The monoisotopic (exact) mass is 298 g/mol. The van der Waals surface area contributed by atoms with Crippen LogP contribution < -0.4 is 5.32 Å². The van der Waals surface area contributed by atoms with Gasteiger partial charge in [0.05, 0.1) is 12.3 Å². The van der Waals surface area contributed by atoms with Gasteiger partial charge in [0.25, 0.3) is 0 Å². The predicted octanol–water partition coefficient (Wildman–Crippen LogP) is 4.24. The second-order valence-electron chi connectivity index (χ2n) is 4.95. The minimum absolute atomic E-state index is 0.0437. The summed E-state index contributed by atoms with van der Waals surface area (Å²) in [6.45, 7) is 3.87. The Kier molecular flexibility index (Phi) is 5.93. The molecule has 0 amide bonds. The van der Waals surface area contributed by atoms with E-state index >= 15 is 0 Å². The summed E-state index contributed by atoms with van der Waals surface area (Å²) in [6.07, 6.45) is 0.981. The summed E-state index contributed by atoms with van der Waals surface area (Å²) in [6, 6.07) is 14.4. The Morgan fingerprint density at radius 3 is 2.64 bits per heavy atom. The Morgan fingerprint density at radius 2 is 1.91 bits per heavy atom. The zero-order valence-corrected chi connectivity index (χ0v) is 12.6. The molecule has 0 atom stereocenters. The molecule has 0 aliphatic heterocycles. The van der Waals surface area contributed by atoms with E-state index in [1.54, 1.807) is 12.1 Å². The molecule has 0 aromatic heterocycles. The van der Waals surface area contributed by atoms with Crippen LogP contribution in [0.3, 0.4) is 0 Å². The Balaban J connectivity index is 2.09. The highest BCUT2D eigenvalue weighted by molar-refractivity contribution is 5.58. The molecule has 0 aliphatic carbocycles. The number of hydrogen-bond acceptors (Lipinski definition) is 3. The van der Waals surface area contributed by atoms with E-state index in [9.17, 15) is 4.39 Å². The third-order valence-electron chi connectivity index (χ3n) is 3.32. The normalized spacial score (nSPS) is 10.2. The van der Waals surface area contributed by atoms with Crippen molar-refractivity contribution in [1.82, 2.24) is 0 Å². The topological polar surface area (TPSA) is 45.0 Å². The third-order valence-corrected chi connectivity index (χ3v) is 3.32. The fourth-order valence-corrected chi connectivity index (χ4v) is 2.17. The van der Waals surface area contributed by atoms with Gasteiger partial charge in [0.1, 0.15) is 17.4 Å². The van der Waals surface area contributed by atoms with E-state index in [-0.39, 0.29) is 5.56 Å². The summed E-state index contributed by atoms with van der Waals surface area (Å²) < 4.78 is 19.2. The standard InChI is InChI=1S/C18H19FN2O/c1-2-10-22-13-15-7-4-3-6-14(15)12-21-18-9-5-8-17(19)16(18)11-20/h3-9,21H,2,10,12-13H2,1H3. The number of anilines is 1. The lowest BCUT2D eigenvalue weighted by molar-refractivity contribution is 0.121. The van der Waals surface area contributed by atoms with Gasteiger partial charge in [0.2, 0.25) is 0 Å². The SMILES string of the molecule is CCCOCc1ccccc1CNc1cccc(F)c1C#N.